The van der Waals surface area contributed by atoms with Crippen LogP contribution in [0.3, 0.4) is 0 Å². The maximum atomic E-state index is 12.5. The molecular weight excluding hydrogens is 402 g/mol. The summed E-state index contributed by atoms with van der Waals surface area (Å²) in [5.41, 5.74) is 2.54. The van der Waals surface area contributed by atoms with Crippen molar-refractivity contribution >= 4 is 12.0 Å². The van der Waals surface area contributed by atoms with Gasteiger partial charge >= 0.3 is 5.97 Å². The predicted molar refractivity (Wildman–Crippen MR) is 111 cm³/mol. The number of hydrogen-bond donors (Lipinski definition) is 0. The molecule has 0 amide bonds. The lowest BCUT2D eigenvalue weighted by Crippen LogP contribution is -2.17. The number of nitrogens with zero attached hydrogens (tertiary/aromatic N) is 1. The van der Waals surface area contributed by atoms with Crippen LogP contribution in [0.25, 0.3) is 17.3 Å². The Morgan fingerprint density at radius 3 is 2.58 bits per heavy atom. The number of rotatable bonds is 7. The van der Waals surface area contributed by atoms with Gasteiger partial charge in [-0.15, -0.1) is 0 Å². The van der Waals surface area contributed by atoms with Crippen molar-refractivity contribution in [3.63, 3.8) is 0 Å². The lowest BCUT2D eigenvalue weighted by molar-refractivity contribution is -0.141. The Kier molecular flexibility index (Phi) is 5.79. The maximum absolute atomic E-state index is 12.5. The first-order valence-corrected chi connectivity index (χ1v) is 9.48. The summed E-state index contributed by atoms with van der Waals surface area (Å²) in [7, 11) is 4.70. The number of aromatic nitrogens is 1. The molecule has 160 valence electrons. The molecule has 0 radical (unpaired) electrons. The summed E-state index contributed by atoms with van der Waals surface area (Å²) in [6.45, 7) is 0.0426. The monoisotopic (exact) mass is 423 g/mol. The molecule has 0 atom stereocenters. The van der Waals surface area contributed by atoms with Crippen LogP contribution in [0, 0.1) is 0 Å². The third kappa shape index (κ3) is 4.18. The van der Waals surface area contributed by atoms with Crippen molar-refractivity contribution in [2.24, 2.45) is 0 Å². The molecule has 8 nitrogen and oxygen atoms in total. The number of benzene rings is 2. The Hall–Kier alpha value is -3.94. The minimum absolute atomic E-state index is 0.0541. The third-order valence-electron chi connectivity index (χ3n) is 4.78. The van der Waals surface area contributed by atoms with Crippen molar-refractivity contribution in [1.29, 1.82) is 0 Å². The van der Waals surface area contributed by atoms with Crippen LogP contribution in [-0.2, 0) is 16.1 Å². The minimum atomic E-state index is -0.488. The van der Waals surface area contributed by atoms with E-state index in [1.165, 1.54) is 0 Å². The van der Waals surface area contributed by atoms with Crippen molar-refractivity contribution < 1.29 is 33.0 Å². The van der Waals surface area contributed by atoms with E-state index in [1.54, 1.807) is 51.7 Å². The molecule has 0 aliphatic carbocycles. The van der Waals surface area contributed by atoms with Gasteiger partial charge in [-0.25, -0.2) is 4.79 Å². The molecule has 2 heterocycles. The van der Waals surface area contributed by atoms with E-state index in [1.807, 2.05) is 18.2 Å². The molecule has 0 fully saturated rings. The molecule has 4 rings (SSSR count). The van der Waals surface area contributed by atoms with Gasteiger partial charge in [0.15, 0.2) is 35.4 Å². The SMILES string of the molecule is COc1ccc(-c2cc(COC(=O)C3=Cc4cccc(OC)c4OC3)on2)cc1OC. The lowest BCUT2D eigenvalue weighted by atomic mass is 10.1. The van der Waals surface area contributed by atoms with Gasteiger partial charge in [0, 0.05) is 17.2 Å². The van der Waals surface area contributed by atoms with Gasteiger partial charge in [0.2, 0.25) is 0 Å². The second kappa shape index (κ2) is 8.83. The second-order valence-corrected chi connectivity index (χ2v) is 6.66. The molecule has 31 heavy (non-hydrogen) atoms. The molecule has 0 saturated carbocycles. The number of carbonyl (C=O) groups is 1. The standard InChI is InChI=1S/C23H21NO7/c1-26-19-8-7-14(10-21(19)28-3)18-11-17(31-24-18)13-30-23(25)16-9-15-5-4-6-20(27-2)22(15)29-12-16/h4-11H,12-13H2,1-3H3. The smallest absolute Gasteiger partial charge is 0.337 e. The van der Waals surface area contributed by atoms with Crippen molar-refractivity contribution in [2.45, 2.75) is 6.61 Å². The van der Waals surface area contributed by atoms with Crippen LogP contribution in [0.15, 0.2) is 52.6 Å². The largest absolute Gasteiger partial charge is 0.493 e. The van der Waals surface area contributed by atoms with E-state index in [4.69, 9.17) is 28.2 Å². The van der Waals surface area contributed by atoms with Gasteiger partial charge in [-0.2, -0.15) is 0 Å². The summed E-state index contributed by atoms with van der Waals surface area (Å²) in [5, 5.41) is 4.04. The molecule has 3 aromatic rings. The number of esters is 1. The summed E-state index contributed by atoms with van der Waals surface area (Å²) < 4.78 is 32.2. The van der Waals surface area contributed by atoms with Crippen LogP contribution in [0.4, 0.5) is 0 Å². The Morgan fingerprint density at radius 1 is 1.00 bits per heavy atom. The van der Waals surface area contributed by atoms with Crippen molar-refractivity contribution in [2.75, 3.05) is 27.9 Å². The fourth-order valence-corrected chi connectivity index (χ4v) is 3.20. The fraction of sp³-hybridized carbons (Fsp3) is 0.217. The third-order valence-corrected chi connectivity index (χ3v) is 4.78. The molecule has 1 aromatic heterocycles. The van der Waals surface area contributed by atoms with Crippen molar-refractivity contribution in [1.82, 2.24) is 5.16 Å². The van der Waals surface area contributed by atoms with Gasteiger partial charge in [-0.1, -0.05) is 17.3 Å². The van der Waals surface area contributed by atoms with E-state index in [0.29, 0.717) is 40.0 Å². The first kappa shape index (κ1) is 20.3. The Morgan fingerprint density at radius 2 is 1.81 bits per heavy atom. The van der Waals surface area contributed by atoms with Crippen LogP contribution in [0.1, 0.15) is 11.3 Å². The molecule has 0 N–H and O–H groups in total. The molecular formula is C23H21NO7. The van der Waals surface area contributed by atoms with Crippen LogP contribution in [-0.4, -0.2) is 39.1 Å². The molecule has 1 aliphatic rings. The first-order valence-electron chi connectivity index (χ1n) is 9.48. The van der Waals surface area contributed by atoms with E-state index in [-0.39, 0.29) is 13.2 Å². The van der Waals surface area contributed by atoms with Gasteiger partial charge < -0.3 is 28.2 Å². The Labute approximate surface area is 178 Å². The van der Waals surface area contributed by atoms with E-state index in [2.05, 4.69) is 5.16 Å². The molecule has 0 spiro atoms. The Bertz CT molecular complexity index is 1130. The Balaban J connectivity index is 1.43. The van der Waals surface area contributed by atoms with E-state index in [0.717, 1.165) is 11.1 Å². The van der Waals surface area contributed by atoms with Crippen LogP contribution in [0.5, 0.6) is 23.0 Å². The van der Waals surface area contributed by atoms with Gasteiger partial charge in [0.1, 0.15) is 12.3 Å². The second-order valence-electron chi connectivity index (χ2n) is 6.66. The van der Waals surface area contributed by atoms with E-state index < -0.39 is 5.97 Å². The highest BCUT2D eigenvalue weighted by atomic mass is 16.6. The summed E-state index contributed by atoms with van der Waals surface area (Å²) in [6.07, 6.45) is 1.74. The minimum Gasteiger partial charge on any atom is -0.493 e. The lowest BCUT2D eigenvalue weighted by Gasteiger charge is -2.19. The van der Waals surface area contributed by atoms with Gasteiger partial charge in [0.05, 0.1) is 26.9 Å². The normalized spacial score (nSPS) is 12.3. The van der Waals surface area contributed by atoms with Gasteiger partial charge in [-0.05, 0) is 30.3 Å². The molecule has 0 saturated heterocycles. The average molecular weight is 423 g/mol. The summed E-state index contributed by atoms with van der Waals surface area (Å²) in [5.74, 6) is 2.35. The molecule has 0 bridgehead atoms. The van der Waals surface area contributed by atoms with Crippen LogP contribution in [0.2, 0.25) is 0 Å². The van der Waals surface area contributed by atoms with Crippen LogP contribution >= 0.6 is 0 Å². The molecule has 8 heteroatoms. The average Bonchev–Trinajstić information content (AvgIpc) is 3.30. The number of methoxy groups -OCH3 is 3. The number of para-hydroxylation sites is 1. The highest BCUT2D eigenvalue weighted by molar-refractivity contribution is 5.95. The first-order chi connectivity index (χ1) is 15.1. The van der Waals surface area contributed by atoms with Crippen molar-refractivity contribution in [3.05, 3.63) is 59.4 Å². The number of carbonyl (C=O) groups excluding carboxylic acids is 1. The molecule has 1 aliphatic heterocycles. The van der Waals surface area contributed by atoms with Gasteiger partial charge in [0.25, 0.3) is 0 Å². The highest BCUT2D eigenvalue weighted by Crippen LogP contribution is 2.36. The van der Waals surface area contributed by atoms with E-state index >= 15 is 0 Å². The topological polar surface area (TPSA) is 89.3 Å². The summed E-state index contributed by atoms with van der Waals surface area (Å²) in [6, 6.07) is 12.6. The number of ether oxygens (including phenoxy) is 5. The molecule has 0 unspecified atom stereocenters. The maximum Gasteiger partial charge on any atom is 0.337 e. The highest BCUT2D eigenvalue weighted by Gasteiger charge is 2.21. The zero-order valence-corrected chi connectivity index (χ0v) is 17.3. The number of fused-ring (bicyclic) bond motifs is 1. The summed E-state index contributed by atoms with van der Waals surface area (Å²) in [4.78, 5) is 12.5. The fourth-order valence-electron chi connectivity index (χ4n) is 3.20. The zero-order valence-electron chi connectivity index (χ0n) is 17.3. The summed E-state index contributed by atoms with van der Waals surface area (Å²) >= 11 is 0. The van der Waals surface area contributed by atoms with Crippen molar-refractivity contribution in [3.8, 4) is 34.3 Å². The molecule has 2 aromatic carbocycles. The zero-order chi connectivity index (χ0) is 21.8. The predicted octanol–water partition coefficient (Wildman–Crippen LogP) is 3.89. The van der Waals surface area contributed by atoms with Gasteiger partial charge in [-0.3, -0.25) is 0 Å². The van der Waals surface area contributed by atoms with Crippen LogP contribution < -0.4 is 18.9 Å². The quantitative estimate of drug-likeness (QED) is 0.529. The number of hydrogen-bond acceptors (Lipinski definition) is 8. The van der Waals surface area contributed by atoms with E-state index in [9.17, 15) is 4.79 Å².